The van der Waals surface area contributed by atoms with Crippen LogP contribution in [0.1, 0.15) is 74.7 Å². The molecule has 134 valence electrons. The fraction of sp³-hybridized carbons (Fsp3) is 0.833. The number of amides is 1. The van der Waals surface area contributed by atoms with E-state index in [2.05, 4.69) is 26.1 Å². The van der Waals surface area contributed by atoms with Crippen LogP contribution in [0.3, 0.4) is 0 Å². The third-order valence-electron chi connectivity index (χ3n) is 3.28. The molecule has 0 aliphatic carbocycles. The molecule has 0 aromatic heterocycles. The predicted molar refractivity (Wildman–Crippen MR) is 90.9 cm³/mol. The monoisotopic (exact) mass is 327 g/mol. The van der Waals surface area contributed by atoms with Crippen LogP contribution in [-0.4, -0.2) is 29.3 Å². The van der Waals surface area contributed by atoms with E-state index in [0.717, 1.165) is 6.42 Å². The Balaban J connectivity index is 4.34. The summed E-state index contributed by atoms with van der Waals surface area (Å²) in [4.78, 5) is 35.9. The standard InChI is InChI=1S/C18H33NO4/c1-12(16(22)23-18(6,7)8)11-14(20)13(2)19-15(21)9-10-17(3,4)5/h12-13H,9-11H2,1-8H3,(H,19,21)/t12-,13+/m1/s1. The van der Waals surface area contributed by atoms with E-state index in [1.165, 1.54) is 0 Å². The van der Waals surface area contributed by atoms with Crippen LogP contribution < -0.4 is 5.32 Å². The zero-order valence-corrected chi connectivity index (χ0v) is 15.9. The van der Waals surface area contributed by atoms with Gasteiger partial charge in [0.25, 0.3) is 0 Å². The number of hydrogen-bond donors (Lipinski definition) is 1. The molecule has 1 N–H and O–H groups in total. The second-order valence-corrected chi connectivity index (χ2v) is 8.45. The van der Waals surface area contributed by atoms with E-state index >= 15 is 0 Å². The van der Waals surface area contributed by atoms with Crippen LogP contribution in [0.5, 0.6) is 0 Å². The van der Waals surface area contributed by atoms with Gasteiger partial charge in [-0.3, -0.25) is 14.4 Å². The predicted octanol–water partition coefficient (Wildman–Crippen LogP) is 3.25. The molecular weight excluding hydrogens is 294 g/mol. The molecule has 23 heavy (non-hydrogen) atoms. The lowest BCUT2D eigenvalue weighted by Gasteiger charge is -2.23. The molecule has 0 heterocycles. The average Bonchev–Trinajstić information content (AvgIpc) is 2.33. The summed E-state index contributed by atoms with van der Waals surface area (Å²) < 4.78 is 5.26. The minimum atomic E-state index is -0.590. The van der Waals surface area contributed by atoms with Crippen molar-refractivity contribution in [3.63, 3.8) is 0 Å². The zero-order valence-electron chi connectivity index (χ0n) is 15.9. The van der Waals surface area contributed by atoms with Gasteiger partial charge in [-0.05, 0) is 39.5 Å². The fourth-order valence-electron chi connectivity index (χ4n) is 1.85. The highest BCUT2D eigenvalue weighted by molar-refractivity contribution is 5.91. The van der Waals surface area contributed by atoms with Crippen LogP contribution in [0.15, 0.2) is 0 Å². The van der Waals surface area contributed by atoms with Gasteiger partial charge >= 0.3 is 5.97 Å². The molecule has 0 rings (SSSR count). The Bertz CT molecular complexity index is 429. The highest BCUT2D eigenvalue weighted by Crippen LogP contribution is 2.20. The first-order chi connectivity index (χ1) is 10.2. The van der Waals surface area contributed by atoms with E-state index in [4.69, 9.17) is 4.74 Å². The summed E-state index contributed by atoms with van der Waals surface area (Å²) in [6.07, 6.45) is 1.21. The third-order valence-corrected chi connectivity index (χ3v) is 3.28. The lowest BCUT2D eigenvalue weighted by molar-refractivity contribution is -0.160. The molecule has 0 spiro atoms. The third kappa shape index (κ3) is 10.9. The number of Topliss-reactive ketones (excluding diaryl/α,β-unsaturated/α-hetero) is 1. The maximum atomic E-state index is 12.1. The summed E-state index contributed by atoms with van der Waals surface area (Å²) >= 11 is 0. The molecule has 2 atom stereocenters. The van der Waals surface area contributed by atoms with Crippen molar-refractivity contribution in [3.8, 4) is 0 Å². The number of rotatable bonds is 7. The van der Waals surface area contributed by atoms with Crippen molar-refractivity contribution in [1.29, 1.82) is 0 Å². The van der Waals surface area contributed by atoms with Gasteiger partial charge in [-0.2, -0.15) is 0 Å². The Kier molecular flexibility index (Phi) is 7.95. The molecule has 0 aliphatic rings. The van der Waals surface area contributed by atoms with Crippen molar-refractivity contribution in [1.82, 2.24) is 5.32 Å². The van der Waals surface area contributed by atoms with Gasteiger partial charge in [0.05, 0.1) is 12.0 Å². The molecule has 0 saturated heterocycles. The summed E-state index contributed by atoms with van der Waals surface area (Å²) in [5.41, 5.74) is -0.489. The highest BCUT2D eigenvalue weighted by atomic mass is 16.6. The molecular formula is C18H33NO4. The van der Waals surface area contributed by atoms with E-state index < -0.39 is 23.5 Å². The maximum Gasteiger partial charge on any atom is 0.309 e. The van der Waals surface area contributed by atoms with Gasteiger partial charge in [-0.15, -0.1) is 0 Å². The number of esters is 1. The van der Waals surface area contributed by atoms with E-state index in [-0.39, 0.29) is 23.5 Å². The highest BCUT2D eigenvalue weighted by Gasteiger charge is 2.26. The van der Waals surface area contributed by atoms with Crippen molar-refractivity contribution in [2.24, 2.45) is 11.3 Å². The van der Waals surface area contributed by atoms with E-state index in [1.54, 1.807) is 34.6 Å². The second-order valence-electron chi connectivity index (χ2n) is 8.45. The maximum absolute atomic E-state index is 12.1. The van der Waals surface area contributed by atoms with Crippen LogP contribution in [-0.2, 0) is 19.1 Å². The average molecular weight is 327 g/mol. The normalized spacial score (nSPS) is 14.8. The topological polar surface area (TPSA) is 72.5 Å². The largest absolute Gasteiger partial charge is 0.460 e. The van der Waals surface area contributed by atoms with Crippen molar-refractivity contribution in [2.45, 2.75) is 86.3 Å². The number of nitrogens with one attached hydrogen (secondary N) is 1. The molecule has 0 aromatic carbocycles. The van der Waals surface area contributed by atoms with E-state index in [1.807, 2.05) is 0 Å². The van der Waals surface area contributed by atoms with Crippen LogP contribution in [0.25, 0.3) is 0 Å². The molecule has 0 bridgehead atoms. The first kappa shape index (κ1) is 21.6. The van der Waals surface area contributed by atoms with Crippen LogP contribution >= 0.6 is 0 Å². The van der Waals surface area contributed by atoms with E-state index in [0.29, 0.717) is 6.42 Å². The molecule has 1 amide bonds. The Morgan fingerprint density at radius 1 is 1.00 bits per heavy atom. The minimum Gasteiger partial charge on any atom is -0.460 e. The molecule has 0 unspecified atom stereocenters. The van der Waals surface area contributed by atoms with Crippen LogP contribution in [0.2, 0.25) is 0 Å². The molecule has 0 saturated carbocycles. The molecule has 5 nitrogen and oxygen atoms in total. The van der Waals surface area contributed by atoms with E-state index in [9.17, 15) is 14.4 Å². The molecule has 5 heteroatoms. The first-order valence-corrected chi connectivity index (χ1v) is 8.26. The first-order valence-electron chi connectivity index (χ1n) is 8.26. The van der Waals surface area contributed by atoms with Crippen molar-refractivity contribution < 1.29 is 19.1 Å². The summed E-state index contributed by atoms with van der Waals surface area (Å²) in [7, 11) is 0. The second kappa shape index (κ2) is 8.46. The minimum absolute atomic E-state index is 0.0651. The molecule has 0 radical (unpaired) electrons. The smallest absolute Gasteiger partial charge is 0.309 e. The van der Waals surface area contributed by atoms with Crippen LogP contribution in [0.4, 0.5) is 0 Å². The number of ketones is 1. The number of carbonyl (C=O) groups excluding carboxylic acids is 3. The lowest BCUT2D eigenvalue weighted by Crippen LogP contribution is -2.40. The summed E-state index contributed by atoms with van der Waals surface area (Å²) in [5, 5.41) is 2.70. The fourth-order valence-corrected chi connectivity index (χ4v) is 1.85. The summed E-state index contributed by atoms with van der Waals surface area (Å²) in [5.74, 6) is -1.20. The SMILES string of the molecule is C[C@H](CC(=O)[C@H](C)NC(=O)CCC(C)(C)C)C(=O)OC(C)(C)C. The van der Waals surface area contributed by atoms with Crippen LogP contribution in [0, 0.1) is 11.3 Å². The quantitative estimate of drug-likeness (QED) is 0.729. The van der Waals surface area contributed by atoms with Crippen molar-refractivity contribution in [3.05, 3.63) is 0 Å². The zero-order chi connectivity index (χ0) is 18.4. The van der Waals surface area contributed by atoms with Crippen molar-refractivity contribution >= 4 is 17.7 Å². The van der Waals surface area contributed by atoms with Gasteiger partial charge in [0.2, 0.25) is 5.91 Å². The molecule has 0 aromatic rings. The molecule has 0 fully saturated rings. The van der Waals surface area contributed by atoms with Gasteiger partial charge < -0.3 is 10.1 Å². The van der Waals surface area contributed by atoms with Gasteiger partial charge in [0.15, 0.2) is 5.78 Å². The number of ether oxygens (including phenoxy) is 1. The lowest BCUT2D eigenvalue weighted by atomic mass is 9.90. The number of carbonyl (C=O) groups is 3. The van der Waals surface area contributed by atoms with Gasteiger partial charge in [0, 0.05) is 12.8 Å². The Labute approximate surface area is 140 Å². The van der Waals surface area contributed by atoms with Gasteiger partial charge in [0.1, 0.15) is 5.60 Å². The van der Waals surface area contributed by atoms with Gasteiger partial charge in [-0.1, -0.05) is 27.7 Å². The Morgan fingerprint density at radius 3 is 1.96 bits per heavy atom. The summed E-state index contributed by atoms with van der Waals surface area (Å²) in [6, 6.07) is -0.590. The Hall–Kier alpha value is -1.39. The van der Waals surface area contributed by atoms with Gasteiger partial charge in [-0.25, -0.2) is 0 Å². The Morgan fingerprint density at radius 2 is 1.52 bits per heavy atom. The molecule has 0 aliphatic heterocycles. The van der Waals surface area contributed by atoms with Crippen molar-refractivity contribution in [2.75, 3.05) is 0 Å². The summed E-state index contributed by atoms with van der Waals surface area (Å²) in [6.45, 7) is 14.9. The number of hydrogen-bond acceptors (Lipinski definition) is 4.